The van der Waals surface area contributed by atoms with E-state index in [2.05, 4.69) is 55.6 Å². The summed E-state index contributed by atoms with van der Waals surface area (Å²) in [5.74, 6) is 1.13. The van der Waals surface area contributed by atoms with Crippen LogP contribution in [-0.4, -0.2) is 73.3 Å². The normalized spacial score (nSPS) is 21.8. The number of piperidine rings is 2. The summed E-state index contributed by atoms with van der Waals surface area (Å²) in [4.78, 5) is 25.7. The summed E-state index contributed by atoms with van der Waals surface area (Å²) in [7, 11) is 2.17. The van der Waals surface area contributed by atoms with Crippen LogP contribution < -0.4 is 15.5 Å². The first-order chi connectivity index (χ1) is 18.6. The molecule has 0 radical (unpaired) electrons. The van der Waals surface area contributed by atoms with Crippen LogP contribution in [0.4, 0.5) is 11.5 Å². The highest BCUT2D eigenvalue weighted by Gasteiger charge is 2.25. The zero-order valence-electron chi connectivity index (χ0n) is 22.4. The molecule has 202 valence electrons. The highest BCUT2D eigenvalue weighted by Crippen LogP contribution is 2.32. The van der Waals surface area contributed by atoms with Crippen molar-refractivity contribution in [2.24, 2.45) is 5.92 Å². The van der Waals surface area contributed by atoms with Crippen molar-refractivity contribution in [3.8, 4) is 0 Å². The maximum absolute atomic E-state index is 12.9. The Kier molecular flexibility index (Phi) is 7.63. The number of H-pyrrole nitrogens is 1. The maximum Gasteiger partial charge on any atom is 0.256 e. The van der Waals surface area contributed by atoms with E-state index in [0.29, 0.717) is 29.4 Å². The van der Waals surface area contributed by atoms with Crippen molar-refractivity contribution in [1.82, 2.24) is 20.2 Å². The number of carbonyl (C=O) groups excluding carboxylic acids is 1. The van der Waals surface area contributed by atoms with Gasteiger partial charge in [0.25, 0.3) is 5.91 Å². The lowest BCUT2D eigenvalue weighted by Crippen LogP contribution is -2.38. The summed E-state index contributed by atoms with van der Waals surface area (Å²) in [6.07, 6.45) is 9.16. The van der Waals surface area contributed by atoms with Crippen LogP contribution in [0.15, 0.2) is 42.6 Å². The van der Waals surface area contributed by atoms with E-state index < -0.39 is 0 Å². The van der Waals surface area contributed by atoms with Gasteiger partial charge in [-0.15, -0.1) is 0 Å². The number of nitrogens with one attached hydrogen (secondary N) is 3. The second-order valence-corrected chi connectivity index (χ2v) is 11.2. The van der Waals surface area contributed by atoms with Gasteiger partial charge < -0.3 is 25.3 Å². The van der Waals surface area contributed by atoms with Gasteiger partial charge in [0.15, 0.2) is 0 Å². The molecule has 0 bridgehead atoms. The van der Waals surface area contributed by atoms with Crippen LogP contribution in [-0.2, 0) is 4.74 Å². The van der Waals surface area contributed by atoms with Crippen LogP contribution in [0.3, 0.4) is 0 Å². The Morgan fingerprint density at radius 1 is 1.05 bits per heavy atom. The number of rotatable bonds is 7. The van der Waals surface area contributed by atoms with Crippen molar-refractivity contribution >= 4 is 28.3 Å². The van der Waals surface area contributed by atoms with Gasteiger partial charge >= 0.3 is 0 Å². The van der Waals surface area contributed by atoms with Crippen molar-refractivity contribution in [1.29, 1.82) is 0 Å². The van der Waals surface area contributed by atoms with Gasteiger partial charge in [-0.25, -0.2) is 4.98 Å². The summed E-state index contributed by atoms with van der Waals surface area (Å²) in [5, 5.41) is 7.47. The zero-order chi connectivity index (χ0) is 25.9. The molecule has 3 aliphatic heterocycles. The third kappa shape index (κ3) is 5.72. The molecule has 2 aromatic heterocycles. The molecule has 0 saturated carbocycles. The van der Waals surface area contributed by atoms with Gasteiger partial charge in [-0.05, 0) is 101 Å². The highest BCUT2D eigenvalue weighted by molar-refractivity contribution is 6.04. The Hall–Kier alpha value is -2.94. The molecule has 38 heavy (non-hydrogen) atoms. The number of hydrogen-bond acceptors (Lipinski definition) is 6. The monoisotopic (exact) mass is 516 g/mol. The van der Waals surface area contributed by atoms with Crippen LogP contribution in [0.2, 0.25) is 0 Å². The first-order valence-electron chi connectivity index (χ1n) is 14.3. The van der Waals surface area contributed by atoms with E-state index in [-0.39, 0.29) is 5.91 Å². The number of nitrogens with zero attached hydrogens (tertiary/aromatic N) is 3. The fourth-order valence-electron chi connectivity index (χ4n) is 6.21. The topological polar surface area (TPSA) is 85.5 Å². The lowest BCUT2D eigenvalue weighted by molar-refractivity contribution is 0.00948. The van der Waals surface area contributed by atoms with Gasteiger partial charge in [-0.2, -0.15) is 0 Å². The number of carbonyl (C=O) groups is 1. The molecule has 8 nitrogen and oxygen atoms in total. The lowest BCUT2D eigenvalue weighted by Gasteiger charge is -2.34. The molecule has 6 rings (SSSR count). The predicted octanol–water partition coefficient (Wildman–Crippen LogP) is 4.57. The molecule has 0 aliphatic carbocycles. The summed E-state index contributed by atoms with van der Waals surface area (Å²) < 4.78 is 6.25. The summed E-state index contributed by atoms with van der Waals surface area (Å²) >= 11 is 0. The van der Waals surface area contributed by atoms with E-state index in [9.17, 15) is 4.79 Å². The fraction of sp³-hybridized carbons (Fsp3) is 0.533. The van der Waals surface area contributed by atoms with E-state index in [0.717, 1.165) is 68.8 Å². The molecular weight excluding hydrogens is 476 g/mol. The second-order valence-electron chi connectivity index (χ2n) is 11.2. The van der Waals surface area contributed by atoms with Crippen molar-refractivity contribution in [3.63, 3.8) is 0 Å². The van der Waals surface area contributed by atoms with Crippen LogP contribution in [0.25, 0.3) is 10.9 Å². The molecule has 1 aromatic carbocycles. The molecule has 0 spiro atoms. The largest absolute Gasteiger partial charge is 0.378 e. The summed E-state index contributed by atoms with van der Waals surface area (Å²) in [6, 6.07) is 12.5. The number of anilines is 2. The molecule has 3 N–H and O–H groups in total. The minimum absolute atomic E-state index is 0.143. The number of likely N-dealkylation sites (tertiary alicyclic amines) is 1. The van der Waals surface area contributed by atoms with E-state index >= 15 is 0 Å². The summed E-state index contributed by atoms with van der Waals surface area (Å²) in [5.41, 5.74) is 4.02. The highest BCUT2D eigenvalue weighted by atomic mass is 16.5. The number of hydrogen-bond donors (Lipinski definition) is 3. The fourth-order valence-corrected chi connectivity index (χ4v) is 6.21. The third-order valence-corrected chi connectivity index (χ3v) is 8.61. The Labute approximate surface area is 225 Å². The first kappa shape index (κ1) is 25.3. The third-order valence-electron chi connectivity index (χ3n) is 8.61. The number of aromatic nitrogens is 2. The van der Waals surface area contributed by atoms with Crippen LogP contribution in [0.1, 0.15) is 60.6 Å². The molecule has 3 aliphatic rings. The first-order valence-corrected chi connectivity index (χ1v) is 14.3. The molecule has 3 aromatic rings. The summed E-state index contributed by atoms with van der Waals surface area (Å²) in [6.45, 7) is 6.25. The van der Waals surface area contributed by atoms with Crippen molar-refractivity contribution in [2.45, 2.75) is 50.7 Å². The van der Waals surface area contributed by atoms with Gasteiger partial charge in [0.05, 0.1) is 11.6 Å². The SMILES string of the molecule is CN1CCC[C@@H]1c1cc2cnc(NC(=O)c3ccc(N4CCC(OCC5CCNCC5)CC4)cc3)cc2[nH]1. The lowest BCUT2D eigenvalue weighted by atomic mass is 9.99. The molecular formula is C30H40N6O2. The van der Waals surface area contributed by atoms with Gasteiger partial charge in [0.1, 0.15) is 5.82 Å². The Morgan fingerprint density at radius 2 is 1.84 bits per heavy atom. The average molecular weight is 517 g/mol. The number of fused-ring (bicyclic) bond motifs is 1. The standard InChI is InChI=1S/C30H40N6O2/c1-35-14-2-3-28(35)27-17-23-19-32-29(18-26(23)33-27)34-30(37)22-4-6-24(7-5-22)36-15-10-25(11-16-36)38-20-21-8-12-31-13-9-21/h4-7,17-19,21,25,28,31,33H,2-3,8-16,20H2,1H3,(H,32,34,37)/t28-/m1/s1. The number of aromatic amines is 1. The second kappa shape index (κ2) is 11.4. The molecule has 1 amide bonds. The minimum Gasteiger partial charge on any atom is -0.378 e. The smallest absolute Gasteiger partial charge is 0.256 e. The van der Waals surface area contributed by atoms with Crippen LogP contribution >= 0.6 is 0 Å². The number of amides is 1. The molecule has 3 fully saturated rings. The van der Waals surface area contributed by atoms with Crippen molar-refractivity contribution in [3.05, 3.63) is 53.9 Å². The zero-order valence-corrected chi connectivity index (χ0v) is 22.4. The Balaban J connectivity index is 1.01. The van der Waals surface area contributed by atoms with Gasteiger partial charge in [-0.1, -0.05) is 0 Å². The van der Waals surface area contributed by atoms with Crippen LogP contribution in [0.5, 0.6) is 0 Å². The van der Waals surface area contributed by atoms with Gasteiger partial charge in [0, 0.05) is 60.3 Å². The average Bonchev–Trinajstić information content (AvgIpc) is 3.58. The molecule has 1 atom stereocenters. The molecule has 0 unspecified atom stereocenters. The van der Waals surface area contributed by atoms with Gasteiger partial charge in [0.2, 0.25) is 0 Å². The number of ether oxygens (including phenoxy) is 1. The van der Waals surface area contributed by atoms with E-state index in [1.165, 1.54) is 31.4 Å². The maximum atomic E-state index is 12.9. The Bertz CT molecular complexity index is 1230. The molecule has 3 saturated heterocycles. The number of pyridine rings is 1. The van der Waals surface area contributed by atoms with Crippen molar-refractivity contribution in [2.75, 3.05) is 56.6 Å². The predicted molar refractivity (Wildman–Crippen MR) is 152 cm³/mol. The van der Waals surface area contributed by atoms with Gasteiger partial charge in [-0.3, -0.25) is 9.69 Å². The van der Waals surface area contributed by atoms with E-state index in [1.807, 2.05) is 24.4 Å². The molecule has 5 heterocycles. The van der Waals surface area contributed by atoms with E-state index in [1.54, 1.807) is 0 Å². The number of benzene rings is 1. The van der Waals surface area contributed by atoms with Crippen LogP contribution in [0, 0.1) is 5.92 Å². The molecule has 8 heteroatoms. The Morgan fingerprint density at radius 3 is 2.58 bits per heavy atom. The minimum atomic E-state index is -0.143. The van der Waals surface area contributed by atoms with E-state index in [4.69, 9.17) is 4.74 Å². The van der Waals surface area contributed by atoms with Crippen molar-refractivity contribution < 1.29 is 9.53 Å². The quantitative estimate of drug-likeness (QED) is 0.427.